The fraction of sp³-hybridized carbons (Fsp3) is 0.500. The van der Waals surface area contributed by atoms with E-state index in [4.69, 9.17) is 0 Å². The van der Waals surface area contributed by atoms with Gasteiger partial charge < -0.3 is 0 Å². The maximum Gasteiger partial charge on any atom is 0.139 e. The first-order valence-electron chi connectivity index (χ1n) is 3.63. The Morgan fingerprint density at radius 1 is 1.67 bits per heavy atom. The molecule has 0 aromatic rings. The van der Waals surface area contributed by atoms with E-state index in [-0.39, 0.29) is 0 Å². The van der Waals surface area contributed by atoms with E-state index in [9.17, 15) is 0 Å². The minimum Gasteiger partial charge on any atom is -0.0895 e. The van der Waals surface area contributed by atoms with E-state index in [2.05, 4.69) is 33.8 Å². The third-order valence-corrected chi connectivity index (χ3v) is 2.07. The molecule has 0 aliphatic heterocycles. The Morgan fingerprint density at radius 3 is 2.56 bits per heavy atom. The topological polar surface area (TPSA) is 0 Å². The molecule has 1 atom stereocenters. The first-order chi connectivity index (χ1) is 4.25. The fourth-order valence-electron chi connectivity index (χ4n) is 1.47. The SMILES string of the molecule is BC1=C(CC)C(C)C=C1. The van der Waals surface area contributed by atoms with Gasteiger partial charge in [-0.15, -0.1) is 0 Å². The number of allylic oxidation sites excluding steroid dienone is 4. The minimum atomic E-state index is 0.704. The molecule has 1 heteroatoms. The molecule has 1 rings (SSSR count). The van der Waals surface area contributed by atoms with Crippen LogP contribution in [0.5, 0.6) is 0 Å². The molecule has 0 aromatic heterocycles. The predicted octanol–water partition coefficient (Wildman–Crippen LogP) is 1.49. The number of hydrogen-bond donors (Lipinski definition) is 0. The average Bonchev–Trinajstić information content (AvgIpc) is 2.12. The van der Waals surface area contributed by atoms with Gasteiger partial charge in [-0.1, -0.05) is 37.0 Å². The van der Waals surface area contributed by atoms with Crippen LogP contribution in [0.1, 0.15) is 20.3 Å². The smallest absolute Gasteiger partial charge is 0.0895 e. The van der Waals surface area contributed by atoms with Crippen molar-refractivity contribution in [2.45, 2.75) is 20.3 Å². The van der Waals surface area contributed by atoms with Crippen molar-refractivity contribution in [3.05, 3.63) is 23.2 Å². The lowest BCUT2D eigenvalue weighted by molar-refractivity contribution is 0.825. The summed E-state index contributed by atoms with van der Waals surface area (Å²) in [5.41, 5.74) is 3.08. The molecule has 9 heavy (non-hydrogen) atoms. The van der Waals surface area contributed by atoms with Crippen molar-refractivity contribution in [2.75, 3.05) is 0 Å². The summed E-state index contributed by atoms with van der Waals surface area (Å²) >= 11 is 0. The molecule has 0 heterocycles. The highest BCUT2D eigenvalue weighted by Crippen LogP contribution is 2.24. The molecule has 1 aliphatic carbocycles. The standard InChI is InChI=1S/C8H13B/c1-3-7-6(2)4-5-8(7)9/h4-6H,3,9H2,1-2H3. The highest BCUT2D eigenvalue weighted by molar-refractivity contribution is 6.24. The molecule has 1 aliphatic rings. The zero-order chi connectivity index (χ0) is 6.85. The molecule has 0 saturated heterocycles. The summed E-state index contributed by atoms with van der Waals surface area (Å²) in [6, 6.07) is 0. The van der Waals surface area contributed by atoms with Crippen LogP contribution in [-0.4, -0.2) is 7.85 Å². The van der Waals surface area contributed by atoms with E-state index in [1.807, 2.05) is 0 Å². The van der Waals surface area contributed by atoms with E-state index in [0.717, 1.165) is 0 Å². The van der Waals surface area contributed by atoms with Crippen LogP contribution in [0.15, 0.2) is 23.2 Å². The monoisotopic (exact) mass is 120 g/mol. The summed E-state index contributed by atoms with van der Waals surface area (Å²) < 4.78 is 0. The van der Waals surface area contributed by atoms with E-state index in [1.165, 1.54) is 11.9 Å². The second-order valence-corrected chi connectivity index (χ2v) is 2.71. The van der Waals surface area contributed by atoms with Gasteiger partial charge in [-0.25, -0.2) is 0 Å². The molecular weight excluding hydrogens is 107 g/mol. The second kappa shape index (κ2) is 2.42. The largest absolute Gasteiger partial charge is 0.139 e. The van der Waals surface area contributed by atoms with Crippen LogP contribution in [0.4, 0.5) is 0 Å². The Labute approximate surface area is 58.1 Å². The van der Waals surface area contributed by atoms with Gasteiger partial charge >= 0.3 is 0 Å². The van der Waals surface area contributed by atoms with Gasteiger partial charge in [-0.3, -0.25) is 0 Å². The first kappa shape index (κ1) is 6.66. The van der Waals surface area contributed by atoms with Crippen molar-refractivity contribution < 1.29 is 0 Å². The van der Waals surface area contributed by atoms with Crippen molar-refractivity contribution in [2.24, 2.45) is 5.92 Å². The highest BCUT2D eigenvalue weighted by Gasteiger charge is 2.09. The summed E-state index contributed by atoms with van der Waals surface area (Å²) in [5, 5.41) is 0. The van der Waals surface area contributed by atoms with Gasteiger partial charge in [-0.05, 0) is 12.3 Å². The van der Waals surface area contributed by atoms with Gasteiger partial charge in [0, 0.05) is 0 Å². The van der Waals surface area contributed by atoms with Crippen LogP contribution < -0.4 is 0 Å². The van der Waals surface area contributed by atoms with E-state index in [1.54, 1.807) is 5.57 Å². The lowest BCUT2D eigenvalue weighted by Crippen LogP contribution is -1.91. The van der Waals surface area contributed by atoms with Crippen LogP contribution >= 0.6 is 0 Å². The third-order valence-electron chi connectivity index (χ3n) is 2.07. The van der Waals surface area contributed by atoms with Crippen molar-refractivity contribution in [1.82, 2.24) is 0 Å². The molecule has 0 radical (unpaired) electrons. The molecule has 1 unspecified atom stereocenters. The molecule has 48 valence electrons. The zero-order valence-electron chi connectivity index (χ0n) is 6.44. The van der Waals surface area contributed by atoms with Gasteiger partial charge in [0.05, 0.1) is 0 Å². The van der Waals surface area contributed by atoms with Gasteiger partial charge in [0.15, 0.2) is 0 Å². The second-order valence-electron chi connectivity index (χ2n) is 2.71. The lowest BCUT2D eigenvalue weighted by atomic mass is 9.89. The van der Waals surface area contributed by atoms with Crippen LogP contribution in [-0.2, 0) is 0 Å². The van der Waals surface area contributed by atoms with E-state index in [0.29, 0.717) is 5.92 Å². The highest BCUT2D eigenvalue weighted by atomic mass is 14.1. The van der Waals surface area contributed by atoms with Gasteiger partial charge in [-0.2, -0.15) is 0 Å². The third kappa shape index (κ3) is 1.10. The average molecular weight is 120 g/mol. The summed E-state index contributed by atoms with van der Waals surface area (Å²) in [7, 11) is 2.19. The van der Waals surface area contributed by atoms with Crippen molar-refractivity contribution in [1.29, 1.82) is 0 Å². The Hall–Kier alpha value is -0.455. The lowest BCUT2D eigenvalue weighted by Gasteiger charge is -2.05. The molecule has 0 amide bonds. The van der Waals surface area contributed by atoms with Crippen LogP contribution in [0.3, 0.4) is 0 Å². The molecule has 0 bridgehead atoms. The molecule has 0 N–H and O–H groups in total. The van der Waals surface area contributed by atoms with Crippen molar-refractivity contribution >= 4 is 7.85 Å². The van der Waals surface area contributed by atoms with Crippen molar-refractivity contribution in [3.8, 4) is 0 Å². The maximum absolute atomic E-state index is 2.27. The van der Waals surface area contributed by atoms with Gasteiger partial charge in [0.1, 0.15) is 7.85 Å². The van der Waals surface area contributed by atoms with Gasteiger partial charge in [0.2, 0.25) is 0 Å². The fourth-order valence-corrected chi connectivity index (χ4v) is 1.47. The molecule has 0 spiro atoms. The summed E-state index contributed by atoms with van der Waals surface area (Å²) in [6.07, 6.45) is 5.71. The Balaban J connectivity index is 2.79. The molecule has 0 saturated carbocycles. The molecular formula is C8H13B. The van der Waals surface area contributed by atoms with Crippen LogP contribution in [0.2, 0.25) is 0 Å². The Kier molecular flexibility index (Phi) is 1.79. The van der Waals surface area contributed by atoms with Crippen molar-refractivity contribution in [3.63, 3.8) is 0 Å². The summed E-state index contributed by atoms with van der Waals surface area (Å²) in [6.45, 7) is 4.48. The number of rotatable bonds is 1. The maximum atomic E-state index is 2.27. The van der Waals surface area contributed by atoms with Gasteiger partial charge in [0.25, 0.3) is 0 Å². The minimum absolute atomic E-state index is 0.704. The summed E-state index contributed by atoms with van der Waals surface area (Å²) in [4.78, 5) is 0. The predicted molar refractivity (Wildman–Crippen MR) is 44.2 cm³/mol. The van der Waals surface area contributed by atoms with Crippen LogP contribution in [0.25, 0.3) is 0 Å². The zero-order valence-corrected chi connectivity index (χ0v) is 6.44. The molecule has 0 fully saturated rings. The normalized spacial score (nSPS) is 25.8. The Morgan fingerprint density at radius 2 is 2.33 bits per heavy atom. The molecule has 0 aromatic carbocycles. The summed E-state index contributed by atoms with van der Waals surface area (Å²) in [5.74, 6) is 0.704. The Bertz CT molecular complexity index is 165. The van der Waals surface area contributed by atoms with Crippen LogP contribution in [0, 0.1) is 5.92 Å². The van der Waals surface area contributed by atoms with E-state index < -0.39 is 0 Å². The van der Waals surface area contributed by atoms with E-state index >= 15 is 0 Å². The first-order valence-corrected chi connectivity index (χ1v) is 3.63. The number of hydrogen-bond acceptors (Lipinski definition) is 0. The quantitative estimate of drug-likeness (QED) is 0.460. The molecule has 0 nitrogen and oxygen atoms in total.